The van der Waals surface area contributed by atoms with Crippen molar-refractivity contribution in [1.29, 1.82) is 0 Å². The van der Waals surface area contributed by atoms with E-state index in [0.29, 0.717) is 5.56 Å². The van der Waals surface area contributed by atoms with Crippen molar-refractivity contribution in [3.05, 3.63) is 47.2 Å². The molecule has 0 spiro atoms. The number of aromatic nitrogens is 2. The van der Waals surface area contributed by atoms with Gasteiger partial charge in [-0.25, -0.2) is 4.79 Å². The van der Waals surface area contributed by atoms with E-state index >= 15 is 0 Å². The zero-order chi connectivity index (χ0) is 12.3. The summed E-state index contributed by atoms with van der Waals surface area (Å²) in [6.45, 7) is 0. The molecule has 0 aliphatic heterocycles. The Hall–Kier alpha value is -1.94. The van der Waals surface area contributed by atoms with Crippen LogP contribution in [0.1, 0.15) is 10.5 Å². The second-order valence-electron chi connectivity index (χ2n) is 3.29. The molecule has 0 unspecified atom stereocenters. The van der Waals surface area contributed by atoms with E-state index in [1.54, 1.807) is 6.07 Å². The zero-order valence-corrected chi connectivity index (χ0v) is 9.81. The van der Waals surface area contributed by atoms with Crippen LogP contribution in [0.4, 0.5) is 0 Å². The highest BCUT2D eigenvalue weighted by molar-refractivity contribution is 6.32. The van der Waals surface area contributed by atoms with Crippen LogP contribution in [-0.4, -0.2) is 23.3 Å². The molecule has 0 atom stereocenters. The fourth-order valence-corrected chi connectivity index (χ4v) is 1.60. The van der Waals surface area contributed by atoms with Gasteiger partial charge >= 0.3 is 5.97 Å². The fourth-order valence-electron chi connectivity index (χ4n) is 1.40. The van der Waals surface area contributed by atoms with Gasteiger partial charge in [-0.1, -0.05) is 41.9 Å². The summed E-state index contributed by atoms with van der Waals surface area (Å²) < 4.78 is 4.58. The van der Waals surface area contributed by atoms with Gasteiger partial charge < -0.3 is 4.74 Å². The third kappa shape index (κ3) is 2.42. The van der Waals surface area contributed by atoms with E-state index in [1.807, 2.05) is 30.3 Å². The first-order valence-electron chi connectivity index (χ1n) is 4.89. The van der Waals surface area contributed by atoms with Crippen molar-refractivity contribution in [3.8, 4) is 11.1 Å². The molecule has 1 aromatic heterocycles. The largest absolute Gasteiger partial charge is 0.464 e. The van der Waals surface area contributed by atoms with Crippen molar-refractivity contribution in [2.24, 2.45) is 0 Å². The summed E-state index contributed by atoms with van der Waals surface area (Å²) in [5.74, 6) is -0.536. The number of benzene rings is 1. The molecular weight excluding hydrogens is 240 g/mol. The second-order valence-corrected chi connectivity index (χ2v) is 3.65. The molecule has 0 fully saturated rings. The van der Waals surface area contributed by atoms with E-state index in [-0.39, 0.29) is 10.8 Å². The van der Waals surface area contributed by atoms with Crippen LogP contribution in [0.2, 0.25) is 5.15 Å². The van der Waals surface area contributed by atoms with Gasteiger partial charge in [0, 0.05) is 5.56 Å². The number of carbonyl (C=O) groups is 1. The second kappa shape index (κ2) is 4.93. The summed E-state index contributed by atoms with van der Waals surface area (Å²) in [7, 11) is 1.29. The minimum Gasteiger partial charge on any atom is -0.464 e. The predicted molar refractivity (Wildman–Crippen MR) is 63.8 cm³/mol. The number of rotatable bonds is 2. The van der Waals surface area contributed by atoms with Crippen LogP contribution < -0.4 is 0 Å². The Kier molecular flexibility index (Phi) is 3.35. The van der Waals surface area contributed by atoms with Crippen molar-refractivity contribution in [2.75, 3.05) is 7.11 Å². The maximum Gasteiger partial charge on any atom is 0.358 e. The molecule has 0 saturated heterocycles. The van der Waals surface area contributed by atoms with Crippen LogP contribution in [0.3, 0.4) is 0 Å². The lowest BCUT2D eigenvalue weighted by molar-refractivity contribution is 0.0593. The standard InChI is InChI=1S/C12H9ClN2O2/c1-17-12(16)10-7-9(11(13)15-14-10)8-5-3-2-4-6-8/h2-7H,1H3. The average molecular weight is 249 g/mol. The van der Waals surface area contributed by atoms with E-state index < -0.39 is 5.97 Å². The van der Waals surface area contributed by atoms with Crippen LogP contribution in [0.25, 0.3) is 11.1 Å². The van der Waals surface area contributed by atoms with Gasteiger partial charge in [-0.15, -0.1) is 10.2 Å². The Morgan fingerprint density at radius 1 is 1.24 bits per heavy atom. The summed E-state index contributed by atoms with van der Waals surface area (Å²) in [4.78, 5) is 11.3. The van der Waals surface area contributed by atoms with Gasteiger partial charge in [-0.3, -0.25) is 0 Å². The van der Waals surface area contributed by atoms with E-state index in [9.17, 15) is 4.79 Å². The maximum absolute atomic E-state index is 11.3. The molecule has 5 heteroatoms. The molecule has 4 nitrogen and oxygen atoms in total. The van der Waals surface area contributed by atoms with Gasteiger partial charge in [0.05, 0.1) is 7.11 Å². The van der Waals surface area contributed by atoms with Gasteiger partial charge in [0.25, 0.3) is 0 Å². The molecule has 2 rings (SSSR count). The van der Waals surface area contributed by atoms with Crippen LogP contribution in [0.15, 0.2) is 36.4 Å². The molecule has 17 heavy (non-hydrogen) atoms. The van der Waals surface area contributed by atoms with Gasteiger partial charge in [0.2, 0.25) is 0 Å². The lowest BCUT2D eigenvalue weighted by Crippen LogP contribution is -2.06. The van der Waals surface area contributed by atoms with Crippen molar-refractivity contribution in [1.82, 2.24) is 10.2 Å². The number of esters is 1. The highest BCUT2D eigenvalue weighted by atomic mass is 35.5. The molecular formula is C12H9ClN2O2. The summed E-state index contributed by atoms with van der Waals surface area (Å²) in [6.07, 6.45) is 0. The first kappa shape index (κ1) is 11.5. The Balaban J connectivity index is 2.50. The smallest absolute Gasteiger partial charge is 0.358 e. The van der Waals surface area contributed by atoms with Crippen molar-refractivity contribution < 1.29 is 9.53 Å². The third-order valence-electron chi connectivity index (χ3n) is 2.23. The fraction of sp³-hybridized carbons (Fsp3) is 0.0833. The lowest BCUT2D eigenvalue weighted by atomic mass is 10.1. The molecule has 0 bridgehead atoms. The van der Waals surface area contributed by atoms with E-state index in [4.69, 9.17) is 11.6 Å². The first-order chi connectivity index (χ1) is 8.22. The molecule has 1 heterocycles. The van der Waals surface area contributed by atoms with E-state index in [2.05, 4.69) is 14.9 Å². The SMILES string of the molecule is COC(=O)c1cc(-c2ccccc2)c(Cl)nn1. The quantitative estimate of drug-likeness (QED) is 0.767. The highest BCUT2D eigenvalue weighted by Gasteiger charge is 2.12. The molecule has 0 aliphatic rings. The Morgan fingerprint density at radius 2 is 1.94 bits per heavy atom. The zero-order valence-electron chi connectivity index (χ0n) is 9.05. The summed E-state index contributed by atoms with van der Waals surface area (Å²) in [5.41, 5.74) is 1.66. The lowest BCUT2D eigenvalue weighted by Gasteiger charge is -2.04. The van der Waals surface area contributed by atoms with E-state index in [0.717, 1.165) is 5.56 Å². The number of methoxy groups -OCH3 is 1. The molecule has 0 amide bonds. The summed E-state index contributed by atoms with van der Waals surface area (Å²) in [5, 5.41) is 7.67. The van der Waals surface area contributed by atoms with Gasteiger partial charge in [0.1, 0.15) is 0 Å². The van der Waals surface area contributed by atoms with Gasteiger partial charge in [-0.05, 0) is 11.6 Å². The minimum atomic E-state index is -0.536. The van der Waals surface area contributed by atoms with Crippen molar-refractivity contribution in [3.63, 3.8) is 0 Å². The van der Waals surface area contributed by atoms with Crippen LogP contribution in [0, 0.1) is 0 Å². The van der Waals surface area contributed by atoms with Crippen LogP contribution in [0.5, 0.6) is 0 Å². The molecule has 0 aliphatic carbocycles. The Labute approximate surface area is 103 Å². The average Bonchev–Trinajstić information content (AvgIpc) is 2.39. The topological polar surface area (TPSA) is 52.1 Å². The highest BCUT2D eigenvalue weighted by Crippen LogP contribution is 2.25. The molecule has 86 valence electrons. The number of hydrogen-bond acceptors (Lipinski definition) is 4. The van der Waals surface area contributed by atoms with Gasteiger partial charge in [0.15, 0.2) is 10.8 Å². The minimum absolute atomic E-state index is 0.135. The first-order valence-corrected chi connectivity index (χ1v) is 5.27. The number of hydrogen-bond donors (Lipinski definition) is 0. The van der Waals surface area contributed by atoms with Crippen LogP contribution >= 0.6 is 11.6 Å². The number of ether oxygens (including phenoxy) is 1. The molecule has 0 N–H and O–H groups in total. The number of carbonyl (C=O) groups excluding carboxylic acids is 1. The molecule has 2 aromatic rings. The number of halogens is 1. The van der Waals surface area contributed by atoms with Gasteiger partial charge in [-0.2, -0.15) is 0 Å². The number of nitrogens with zero attached hydrogens (tertiary/aromatic N) is 2. The normalized spacial score (nSPS) is 10.0. The predicted octanol–water partition coefficient (Wildman–Crippen LogP) is 2.58. The van der Waals surface area contributed by atoms with Crippen molar-refractivity contribution >= 4 is 17.6 Å². The molecule has 1 aromatic carbocycles. The van der Waals surface area contributed by atoms with Crippen LogP contribution in [-0.2, 0) is 4.74 Å². The molecule has 0 radical (unpaired) electrons. The summed E-state index contributed by atoms with van der Waals surface area (Å²) >= 11 is 5.95. The third-order valence-corrected chi connectivity index (χ3v) is 2.51. The Bertz CT molecular complexity index is 543. The van der Waals surface area contributed by atoms with E-state index in [1.165, 1.54) is 7.11 Å². The monoisotopic (exact) mass is 248 g/mol. The molecule has 0 saturated carbocycles. The summed E-state index contributed by atoms with van der Waals surface area (Å²) in [6, 6.07) is 11.0. The van der Waals surface area contributed by atoms with Crippen molar-refractivity contribution in [2.45, 2.75) is 0 Å². The maximum atomic E-state index is 11.3. The Morgan fingerprint density at radius 3 is 2.59 bits per heavy atom.